The minimum atomic E-state index is -0.244. The molecule has 1 fully saturated rings. The summed E-state index contributed by atoms with van der Waals surface area (Å²) in [5.41, 5.74) is 0.441. The molecule has 1 saturated heterocycles. The van der Waals surface area contributed by atoms with Gasteiger partial charge in [0.05, 0.1) is 10.8 Å². The van der Waals surface area contributed by atoms with Crippen LogP contribution in [-0.2, 0) is 0 Å². The number of nitrogens with zero attached hydrogens (tertiary/aromatic N) is 3. The van der Waals surface area contributed by atoms with Crippen molar-refractivity contribution in [1.29, 1.82) is 0 Å². The summed E-state index contributed by atoms with van der Waals surface area (Å²) in [5, 5.41) is 17.3. The van der Waals surface area contributed by atoms with Crippen molar-refractivity contribution in [2.75, 3.05) is 24.2 Å². The zero-order valence-electron chi connectivity index (χ0n) is 12.2. The van der Waals surface area contributed by atoms with Gasteiger partial charge in [-0.3, -0.25) is 10.1 Å². The number of thiazole rings is 1. The Hall–Kier alpha value is -1.47. The number of carbonyl (C=O) groups is 1. The first-order chi connectivity index (χ1) is 11.3. The summed E-state index contributed by atoms with van der Waals surface area (Å²) in [4.78, 5) is 16.7. The van der Waals surface area contributed by atoms with Gasteiger partial charge in [0.15, 0.2) is 4.34 Å². The molecule has 0 radical (unpaired) electrons. The van der Waals surface area contributed by atoms with E-state index in [0.29, 0.717) is 22.5 Å². The fraction of sp³-hybridized carbons (Fsp3) is 0.429. The van der Waals surface area contributed by atoms with E-state index >= 15 is 0 Å². The number of carbonyl (C=O) groups excluding carboxylic acids is 1. The highest BCUT2D eigenvalue weighted by Gasteiger charge is 2.20. The maximum Gasteiger partial charge on any atom is 0.276 e. The first-order valence-electron chi connectivity index (χ1n) is 7.13. The van der Waals surface area contributed by atoms with Crippen molar-refractivity contribution in [3.63, 3.8) is 0 Å². The van der Waals surface area contributed by atoms with Crippen LogP contribution < -0.4 is 10.6 Å². The molecule has 120 valence electrons. The van der Waals surface area contributed by atoms with Crippen molar-refractivity contribution >= 4 is 45.5 Å². The molecule has 6 nitrogen and oxygen atoms in total. The van der Waals surface area contributed by atoms with Gasteiger partial charge in [-0.05, 0) is 25.9 Å². The van der Waals surface area contributed by atoms with Crippen LogP contribution in [-0.4, -0.2) is 39.9 Å². The molecule has 1 aliphatic rings. The summed E-state index contributed by atoms with van der Waals surface area (Å²) < 4.78 is 0.743. The minimum Gasteiger partial charge on any atom is -0.317 e. The number of rotatable bonds is 5. The van der Waals surface area contributed by atoms with E-state index in [2.05, 4.69) is 31.7 Å². The van der Waals surface area contributed by atoms with Crippen LogP contribution in [0.5, 0.6) is 0 Å². The Labute approximate surface area is 146 Å². The number of piperidine rings is 1. The number of hydrogen-bond acceptors (Lipinski definition) is 8. The summed E-state index contributed by atoms with van der Waals surface area (Å²) in [6, 6.07) is 0. The van der Waals surface area contributed by atoms with Crippen molar-refractivity contribution in [3.8, 4) is 12.3 Å². The van der Waals surface area contributed by atoms with Crippen LogP contribution in [0.3, 0.4) is 0 Å². The molecule has 0 aromatic carbocycles. The maximum atomic E-state index is 12.3. The highest BCUT2D eigenvalue weighted by Crippen LogP contribution is 2.29. The van der Waals surface area contributed by atoms with Crippen molar-refractivity contribution < 1.29 is 4.79 Å². The van der Waals surface area contributed by atoms with Crippen molar-refractivity contribution in [2.24, 2.45) is 0 Å². The standard InChI is InChI=1S/C14H15N5OS3/c1-2-7-21-14-19-18-13(23-14)17-11(20)10-8-22-12(16-10)9-3-5-15-6-4-9/h1,8-9,15H,3-7H2,(H,17,18,20). The summed E-state index contributed by atoms with van der Waals surface area (Å²) in [6.45, 7) is 2.02. The molecule has 1 amide bonds. The normalized spacial score (nSPS) is 15.3. The zero-order valence-corrected chi connectivity index (χ0v) is 14.7. The van der Waals surface area contributed by atoms with Gasteiger partial charge in [-0.15, -0.1) is 28.0 Å². The molecule has 3 heterocycles. The summed E-state index contributed by atoms with van der Waals surface area (Å²) in [6.07, 6.45) is 7.35. The van der Waals surface area contributed by atoms with Crippen LogP contribution in [0.15, 0.2) is 9.72 Å². The van der Waals surface area contributed by atoms with E-state index in [4.69, 9.17) is 6.42 Å². The van der Waals surface area contributed by atoms with Gasteiger partial charge in [-0.1, -0.05) is 29.0 Å². The topological polar surface area (TPSA) is 79.8 Å². The minimum absolute atomic E-state index is 0.244. The quantitative estimate of drug-likeness (QED) is 0.481. The fourth-order valence-corrected chi connectivity index (χ4v) is 4.63. The molecule has 0 saturated carbocycles. The molecule has 0 spiro atoms. The summed E-state index contributed by atoms with van der Waals surface area (Å²) >= 11 is 4.29. The lowest BCUT2D eigenvalue weighted by Crippen LogP contribution is -2.26. The number of terminal acetylenes is 1. The largest absolute Gasteiger partial charge is 0.317 e. The van der Waals surface area contributed by atoms with E-state index < -0.39 is 0 Å². The number of aromatic nitrogens is 3. The predicted octanol–water partition coefficient (Wildman–Crippen LogP) is 2.44. The second-order valence-corrected chi connectivity index (χ2v) is 8.00. The molecule has 2 aromatic rings. The van der Waals surface area contributed by atoms with E-state index in [9.17, 15) is 4.79 Å². The third-order valence-electron chi connectivity index (χ3n) is 3.35. The molecule has 2 N–H and O–H groups in total. The number of amides is 1. The van der Waals surface area contributed by atoms with Gasteiger partial charge in [0.25, 0.3) is 5.91 Å². The molecule has 2 aromatic heterocycles. The average molecular weight is 366 g/mol. The molecule has 9 heteroatoms. The number of hydrogen-bond donors (Lipinski definition) is 2. The van der Waals surface area contributed by atoms with E-state index in [1.54, 1.807) is 11.3 Å². The Morgan fingerprint density at radius 2 is 2.30 bits per heavy atom. The molecule has 0 bridgehead atoms. The second kappa shape index (κ2) is 7.88. The van der Waals surface area contributed by atoms with Gasteiger partial charge < -0.3 is 5.32 Å². The zero-order chi connectivity index (χ0) is 16.1. The SMILES string of the molecule is C#CCSc1nnc(NC(=O)c2csc(C3CCNCC3)n2)s1. The Morgan fingerprint density at radius 3 is 3.09 bits per heavy atom. The third kappa shape index (κ3) is 4.29. The van der Waals surface area contributed by atoms with Gasteiger partial charge in [-0.2, -0.15) is 0 Å². The van der Waals surface area contributed by atoms with Gasteiger partial charge in [0, 0.05) is 11.3 Å². The van der Waals surface area contributed by atoms with E-state index in [0.717, 1.165) is 35.3 Å². The van der Waals surface area contributed by atoms with E-state index in [-0.39, 0.29) is 5.91 Å². The molecule has 0 unspecified atom stereocenters. The Morgan fingerprint density at radius 1 is 1.48 bits per heavy atom. The van der Waals surface area contributed by atoms with E-state index in [1.807, 2.05) is 5.38 Å². The first-order valence-corrected chi connectivity index (χ1v) is 9.81. The average Bonchev–Trinajstić information content (AvgIpc) is 3.23. The molecular formula is C14H15N5OS3. The molecule has 23 heavy (non-hydrogen) atoms. The fourth-order valence-electron chi connectivity index (χ4n) is 2.23. The Balaban J connectivity index is 1.61. The van der Waals surface area contributed by atoms with Crippen LogP contribution >= 0.6 is 34.4 Å². The summed E-state index contributed by atoms with van der Waals surface area (Å²) in [5.74, 6) is 3.27. The van der Waals surface area contributed by atoms with Crippen LogP contribution in [0.4, 0.5) is 5.13 Å². The van der Waals surface area contributed by atoms with Crippen LogP contribution in [0, 0.1) is 12.3 Å². The summed E-state index contributed by atoms with van der Waals surface area (Å²) in [7, 11) is 0. The smallest absolute Gasteiger partial charge is 0.276 e. The highest BCUT2D eigenvalue weighted by molar-refractivity contribution is 8.01. The van der Waals surface area contributed by atoms with Crippen molar-refractivity contribution in [1.82, 2.24) is 20.5 Å². The number of thioether (sulfide) groups is 1. The van der Waals surface area contributed by atoms with Crippen LogP contribution in [0.1, 0.15) is 34.3 Å². The van der Waals surface area contributed by atoms with Crippen molar-refractivity contribution in [3.05, 3.63) is 16.1 Å². The third-order valence-corrected chi connectivity index (χ3v) is 6.23. The second-order valence-electron chi connectivity index (χ2n) is 4.92. The monoisotopic (exact) mass is 365 g/mol. The van der Waals surface area contributed by atoms with Gasteiger partial charge in [0.1, 0.15) is 5.69 Å². The lowest BCUT2D eigenvalue weighted by Gasteiger charge is -2.20. The van der Waals surface area contributed by atoms with E-state index in [1.165, 1.54) is 23.1 Å². The van der Waals surface area contributed by atoms with Crippen LogP contribution in [0.25, 0.3) is 0 Å². The lowest BCUT2D eigenvalue weighted by molar-refractivity contribution is 0.102. The molecular weight excluding hydrogens is 350 g/mol. The molecule has 0 aliphatic carbocycles. The number of nitrogens with one attached hydrogen (secondary N) is 2. The maximum absolute atomic E-state index is 12.3. The van der Waals surface area contributed by atoms with Crippen molar-refractivity contribution in [2.45, 2.75) is 23.1 Å². The first kappa shape index (κ1) is 16.4. The predicted molar refractivity (Wildman–Crippen MR) is 94.4 cm³/mol. The Bertz CT molecular complexity index is 714. The highest BCUT2D eigenvalue weighted by atomic mass is 32.2. The molecule has 0 atom stereocenters. The van der Waals surface area contributed by atoms with Gasteiger partial charge >= 0.3 is 0 Å². The van der Waals surface area contributed by atoms with Gasteiger partial charge in [-0.25, -0.2) is 4.98 Å². The molecule has 3 rings (SSSR count). The lowest BCUT2D eigenvalue weighted by atomic mass is 9.99. The number of anilines is 1. The van der Waals surface area contributed by atoms with Gasteiger partial charge in [0.2, 0.25) is 5.13 Å². The molecule has 1 aliphatic heterocycles. The Kier molecular flexibility index (Phi) is 5.61. The van der Waals surface area contributed by atoms with Crippen LogP contribution in [0.2, 0.25) is 0 Å².